The Morgan fingerprint density at radius 1 is 0.558 bits per heavy atom. The second kappa shape index (κ2) is 10.8. The number of methoxy groups -OCH3 is 3. The molecule has 2 aliphatic rings. The third-order valence-electron chi connectivity index (χ3n) is 7.87. The minimum absolute atomic E-state index is 0.00541. The van der Waals surface area contributed by atoms with Gasteiger partial charge in [-0.25, -0.2) is 0 Å². The first kappa shape index (κ1) is 27.8. The van der Waals surface area contributed by atoms with E-state index in [1.807, 2.05) is 0 Å². The van der Waals surface area contributed by atoms with Crippen LogP contribution in [0.25, 0.3) is 0 Å². The Hall–Kier alpha value is -5.38. The van der Waals surface area contributed by atoms with E-state index in [2.05, 4.69) is 0 Å². The molecule has 0 aromatic heterocycles. The molecular weight excluding hydrogens is 556 g/mol. The van der Waals surface area contributed by atoms with Gasteiger partial charge in [-0.05, 0) is 35.4 Å². The lowest BCUT2D eigenvalue weighted by molar-refractivity contribution is 0.00727. The molecule has 3 N–H and O–H groups in total. The number of Topliss-reactive ketones (excluding diaryl/α,β-unsaturated/α-hetero) is 2. The molecule has 0 fully saturated rings. The van der Waals surface area contributed by atoms with Crippen LogP contribution in [0.2, 0.25) is 0 Å². The highest BCUT2D eigenvalue weighted by atomic mass is 16.5. The lowest BCUT2D eigenvalue weighted by atomic mass is 9.74. The number of fused-ring (bicyclic) bond motifs is 2. The van der Waals surface area contributed by atoms with Crippen LogP contribution in [0.15, 0.2) is 72.8 Å². The Morgan fingerprint density at radius 3 is 1.35 bits per heavy atom. The van der Waals surface area contributed by atoms with Crippen LogP contribution < -0.4 is 23.7 Å². The molecule has 0 radical (unpaired) electrons. The minimum Gasteiger partial charge on any atom is -0.508 e. The maximum absolute atomic E-state index is 14.3. The lowest BCUT2D eigenvalue weighted by Crippen LogP contribution is -2.52. The predicted octanol–water partition coefficient (Wildman–Crippen LogP) is 4.98. The van der Waals surface area contributed by atoms with E-state index in [1.165, 1.54) is 57.7 Å². The maximum Gasteiger partial charge on any atom is 0.181 e. The largest absolute Gasteiger partial charge is 0.508 e. The summed E-state index contributed by atoms with van der Waals surface area (Å²) in [6.07, 6.45) is -2.22. The Balaban J connectivity index is 1.57. The monoisotopic (exact) mass is 584 g/mol. The molecule has 10 heteroatoms. The predicted molar refractivity (Wildman–Crippen MR) is 153 cm³/mol. The van der Waals surface area contributed by atoms with Gasteiger partial charge in [0.2, 0.25) is 0 Å². The number of aromatic hydroxyl groups is 3. The summed E-state index contributed by atoms with van der Waals surface area (Å²) in [5, 5.41) is 31.6. The van der Waals surface area contributed by atoms with E-state index < -0.39 is 35.6 Å². The quantitative estimate of drug-likeness (QED) is 0.284. The summed E-state index contributed by atoms with van der Waals surface area (Å²) in [5.74, 6) is -2.43. The van der Waals surface area contributed by atoms with E-state index in [1.54, 1.807) is 36.4 Å². The summed E-state index contributed by atoms with van der Waals surface area (Å²) in [4.78, 5) is 28.5. The van der Waals surface area contributed by atoms with Crippen molar-refractivity contribution in [3.8, 4) is 46.0 Å². The number of hydrogen-bond acceptors (Lipinski definition) is 10. The van der Waals surface area contributed by atoms with Crippen molar-refractivity contribution in [1.82, 2.24) is 0 Å². The zero-order valence-corrected chi connectivity index (χ0v) is 23.4. The van der Waals surface area contributed by atoms with Gasteiger partial charge in [-0.3, -0.25) is 9.59 Å². The molecule has 0 aliphatic carbocycles. The Morgan fingerprint density at radius 2 is 0.953 bits per heavy atom. The highest BCUT2D eigenvalue weighted by Crippen LogP contribution is 2.50. The fraction of sp³-hybridized carbons (Fsp3) is 0.212. The van der Waals surface area contributed by atoms with Crippen LogP contribution in [0, 0.1) is 0 Å². The summed E-state index contributed by atoms with van der Waals surface area (Å²) < 4.78 is 28.9. The molecule has 0 saturated carbocycles. The van der Waals surface area contributed by atoms with Gasteiger partial charge in [0.1, 0.15) is 57.1 Å². The number of ether oxygens (including phenoxy) is 5. The van der Waals surface area contributed by atoms with Crippen molar-refractivity contribution < 1.29 is 48.6 Å². The van der Waals surface area contributed by atoms with Gasteiger partial charge in [0, 0.05) is 24.3 Å². The smallest absolute Gasteiger partial charge is 0.181 e. The van der Waals surface area contributed by atoms with Crippen molar-refractivity contribution in [3.63, 3.8) is 0 Å². The first-order chi connectivity index (χ1) is 20.7. The lowest BCUT2D eigenvalue weighted by Gasteiger charge is -2.42. The highest BCUT2D eigenvalue weighted by Gasteiger charge is 2.52. The fourth-order valence-corrected chi connectivity index (χ4v) is 5.80. The molecule has 4 aromatic carbocycles. The molecule has 0 saturated heterocycles. The zero-order chi connectivity index (χ0) is 30.4. The van der Waals surface area contributed by atoms with Gasteiger partial charge in [0.15, 0.2) is 23.8 Å². The van der Waals surface area contributed by atoms with Crippen LogP contribution in [0.4, 0.5) is 0 Å². The second-order valence-electron chi connectivity index (χ2n) is 10.3. The van der Waals surface area contributed by atoms with Crippen molar-refractivity contribution in [3.05, 3.63) is 95.1 Å². The number of carbonyl (C=O) groups excluding carboxylic acids is 2. The van der Waals surface area contributed by atoms with Crippen molar-refractivity contribution in [2.24, 2.45) is 0 Å². The van der Waals surface area contributed by atoms with Crippen molar-refractivity contribution in [2.45, 2.75) is 24.0 Å². The Kier molecular flexibility index (Phi) is 6.97. The molecule has 2 aliphatic heterocycles. The molecule has 4 aromatic rings. The van der Waals surface area contributed by atoms with E-state index >= 15 is 0 Å². The molecule has 43 heavy (non-hydrogen) atoms. The van der Waals surface area contributed by atoms with Crippen LogP contribution >= 0.6 is 0 Å². The van der Waals surface area contributed by atoms with Gasteiger partial charge in [-0.15, -0.1) is 0 Å². The summed E-state index contributed by atoms with van der Waals surface area (Å²) >= 11 is 0. The van der Waals surface area contributed by atoms with E-state index in [0.29, 0.717) is 16.9 Å². The SMILES string of the molecule is COc1ccc([C@@H]2C(=O)c3c(O)cc(OC)cc3O[C@@H]2[C@@H]2Oc3cc(OC)cc(O)c3C(=O)[C@H]2c2ccc(O)cc2)cc1. The highest BCUT2D eigenvalue weighted by molar-refractivity contribution is 6.09. The third-order valence-corrected chi connectivity index (χ3v) is 7.87. The standard InChI is InChI=1S/C33H28O10/c1-39-19-10-6-17(7-11-19)27-31(38)29-23(36)13-21(41-3)15-25(29)43-33(27)32-26(16-4-8-18(34)9-5-16)30(37)28-22(35)12-20(40-2)14-24(28)42-32/h4-15,26-27,32-36H,1-3H3/t26-,27-,32-,33+/m1/s1. The van der Waals surface area contributed by atoms with Gasteiger partial charge < -0.3 is 39.0 Å². The van der Waals surface area contributed by atoms with Crippen molar-refractivity contribution in [1.29, 1.82) is 0 Å². The number of phenolic OH excluding ortho intramolecular Hbond substituents is 3. The molecular formula is C33H28O10. The Bertz CT molecular complexity index is 1710. The van der Waals surface area contributed by atoms with Gasteiger partial charge in [0.05, 0.1) is 33.2 Å². The van der Waals surface area contributed by atoms with Crippen molar-refractivity contribution >= 4 is 11.6 Å². The summed E-state index contributed by atoms with van der Waals surface area (Å²) in [6.45, 7) is 0. The number of ketones is 2. The van der Waals surface area contributed by atoms with Gasteiger partial charge in [-0.1, -0.05) is 24.3 Å². The molecule has 6 rings (SSSR count). The van der Waals surface area contributed by atoms with Crippen molar-refractivity contribution in [2.75, 3.05) is 21.3 Å². The first-order valence-corrected chi connectivity index (χ1v) is 13.4. The molecule has 2 heterocycles. The zero-order valence-electron chi connectivity index (χ0n) is 23.4. The second-order valence-corrected chi connectivity index (χ2v) is 10.3. The van der Waals surface area contributed by atoms with E-state index in [9.17, 15) is 24.9 Å². The van der Waals surface area contributed by atoms with Gasteiger partial charge in [-0.2, -0.15) is 0 Å². The molecule has 10 nitrogen and oxygen atoms in total. The number of rotatable bonds is 6. The number of benzene rings is 4. The van der Waals surface area contributed by atoms with Gasteiger partial charge >= 0.3 is 0 Å². The van der Waals surface area contributed by atoms with Crippen LogP contribution in [0.5, 0.6) is 46.0 Å². The average molecular weight is 585 g/mol. The summed E-state index contributed by atoms with van der Waals surface area (Å²) in [7, 11) is 4.37. The molecule has 0 unspecified atom stereocenters. The normalized spacial score (nSPS) is 20.7. The molecule has 220 valence electrons. The molecule has 0 bridgehead atoms. The topological polar surface area (TPSA) is 141 Å². The molecule has 4 atom stereocenters. The van der Waals surface area contributed by atoms with Crippen LogP contribution in [0.3, 0.4) is 0 Å². The third kappa shape index (κ3) is 4.70. The fourth-order valence-electron chi connectivity index (χ4n) is 5.80. The van der Waals surface area contributed by atoms with Gasteiger partial charge in [0.25, 0.3) is 0 Å². The van der Waals surface area contributed by atoms with Crippen LogP contribution in [0.1, 0.15) is 43.7 Å². The number of phenols is 3. The van der Waals surface area contributed by atoms with Crippen LogP contribution in [-0.4, -0.2) is 60.4 Å². The molecule has 0 amide bonds. The number of carbonyl (C=O) groups is 2. The van der Waals surface area contributed by atoms with E-state index in [0.717, 1.165) is 0 Å². The summed E-state index contributed by atoms with van der Waals surface area (Å²) in [5.41, 5.74) is 0.938. The average Bonchev–Trinajstić information content (AvgIpc) is 3.00. The number of hydrogen-bond donors (Lipinski definition) is 3. The van der Waals surface area contributed by atoms with E-state index in [4.69, 9.17) is 23.7 Å². The molecule has 0 spiro atoms. The Labute approximate surface area is 246 Å². The maximum atomic E-state index is 14.3. The van der Waals surface area contributed by atoms with Crippen LogP contribution in [-0.2, 0) is 0 Å². The van der Waals surface area contributed by atoms with E-state index in [-0.39, 0.29) is 51.4 Å². The summed E-state index contributed by atoms with van der Waals surface area (Å²) in [6, 6.07) is 18.5. The first-order valence-electron chi connectivity index (χ1n) is 13.4. The minimum atomic E-state index is -1.12.